The van der Waals surface area contributed by atoms with Gasteiger partial charge in [0.15, 0.2) is 0 Å². The molecule has 114 valence electrons. The fourth-order valence-corrected chi connectivity index (χ4v) is 2.83. The van der Waals surface area contributed by atoms with Crippen LogP contribution in [0.25, 0.3) is 11.0 Å². The standard InChI is InChI=1S/C18H21N3O/c1-3-12-19-21-16-11-7-10-15(17(16)20(2)18(21)22)13-14-8-5-4-6-9-14/h4-11,19H,3,12-13H2,1-2H3. The molecule has 2 aromatic carbocycles. The molecule has 4 nitrogen and oxygen atoms in total. The first-order valence-corrected chi connectivity index (χ1v) is 7.69. The van der Waals surface area contributed by atoms with Crippen molar-refractivity contribution in [3.05, 3.63) is 70.1 Å². The smallest absolute Gasteiger partial charge is 0.321 e. The van der Waals surface area contributed by atoms with Crippen molar-refractivity contribution in [1.82, 2.24) is 9.24 Å². The van der Waals surface area contributed by atoms with Crippen LogP contribution in [0.5, 0.6) is 0 Å². The number of nitrogens with one attached hydrogen (secondary N) is 1. The molecule has 0 unspecified atom stereocenters. The Morgan fingerprint density at radius 2 is 1.82 bits per heavy atom. The third-order valence-electron chi connectivity index (χ3n) is 3.91. The maximum absolute atomic E-state index is 12.5. The number of nitrogens with zero attached hydrogens (tertiary/aromatic N) is 2. The number of benzene rings is 2. The number of imidazole rings is 1. The Kier molecular flexibility index (Phi) is 4.00. The van der Waals surface area contributed by atoms with Crippen molar-refractivity contribution in [3.8, 4) is 0 Å². The van der Waals surface area contributed by atoms with Gasteiger partial charge in [0.2, 0.25) is 0 Å². The Labute approximate surface area is 130 Å². The number of hydrogen-bond donors (Lipinski definition) is 1. The van der Waals surface area contributed by atoms with E-state index in [4.69, 9.17) is 0 Å². The fourth-order valence-electron chi connectivity index (χ4n) is 2.83. The Hall–Kier alpha value is -2.49. The van der Waals surface area contributed by atoms with Crippen molar-refractivity contribution in [2.45, 2.75) is 19.8 Å². The van der Waals surface area contributed by atoms with E-state index in [0.717, 1.165) is 30.4 Å². The van der Waals surface area contributed by atoms with E-state index in [-0.39, 0.29) is 5.69 Å². The van der Waals surface area contributed by atoms with Crippen LogP contribution in [-0.4, -0.2) is 15.8 Å². The third kappa shape index (κ3) is 2.52. The average molecular weight is 295 g/mol. The van der Waals surface area contributed by atoms with Crippen LogP contribution in [0, 0.1) is 0 Å². The molecule has 1 N–H and O–H groups in total. The van der Waals surface area contributed by atoms with Gasteiger partial charge in [0.05, 0.1) is 11.0 Å². The van der Waals surface area contributed by atoms with E-state index in [1.165, 1.54) is 11.1 Å². The number of fused-ring (bicyclic) bond motifs is 1. The minimum atomic E-state index is -0.0241. The second-order valence-corrected chi connectivity index (χ2v) is 5.53. The summed E-state index contributed by atoms with van der Waals surface area (Å²) in [6.07, 6.45) is 1.80. The molecule has 22 heavy (non-hydrogen) atoms. The summed E-state index contributed by atoms with van der Waals surface area (Å²) in [4.78, 5) is 12.5. The molecule has 4 heteroatoms. The molecular formula is C18H21N3O. The molecule has 0 radical (unpaired) electrons. The Balaban J connectivity index is 2.11. The quantitative estimate of drug-likeness (QED) is 0.786. The third-order valence-corrected chi connectivity index (χ3v) is 3.91. The van der Waals surface area contributed by atoms with E-state index < -0.39 is 0 Å². The molecule has 0 aliphatic heterocycles. The molecule has 0 bridgehead atoms. The maximum Gasteiger partial charge on any atom is 0.347 e. The summed E-state index contributed by atoms with van der Waals surface area (Å²) in [5.74, 6) is 0. The molecule has 1 heterocycles. The minimum absolute atomic E-state index is 0.0241. The lowest BCUT2D eigenvalue weighted by atomic mass is 10.0. The highest BCUT2D eigenvalue weighted by Crippen LogP contribution is 2.20. The van der Waals surface area contributed by atoms with Gasteiger partial charge < -0.3 is 5.43 Å². The number of hydrogen-bond acceptors (Lipinski definition) is 2. The van der Waals surface area contributed by atoms with Crippen LogP contribution < -0.4 is 11.1 Å². The Bertz CT molecular complexity index is 831. The zero-order chi connectivity index (χ0) is 15.5. The largest absolute Gasteiger partial charge is 0.347 e. The van der Waals surface area contributed by atoms with Crippen LogP contribution >= 0.6 is 0 Å². The van der Waals surface area contributed by atoms with Gasteiger partial charge in [-0.3, -0.25) is 4.57 Å². The van der Waals surface area contributed by atoms with Gasteiger partial charge in [-0.1, -0.05) is 49.4 Å². The first kappa shape index (κ1) is 14.4. The van der Waals surface area contributed by atoms with Crippen molar-refractivity contribution >= 4 is 11.0 Å². The number of aryl methyl sites for hydroxylation is 1. The zero-order valence-electron chi connectivity index (χ0n) is 13.0. The maximum atomic E-state index is 12.5. The summed E-state index contributed by atoms with van der Waals surface area (Å²) in [6, 6.07) is 16.4. The fraction of sp³-hybridized carbons (Fsp3) is 0.278. The number of aromatic nitrogens is 2. The molecule has 0 atom stereocenters. The summed E-state index contributed by atoms with van der Waals surface area (Å²) >= 11 is 0. The van der Waals surface area contributed by atoms with Crippen LogP contribution in [-0.2, 0) is 13.5 Å². The molecular weight excluding hydrogens is 274 g/mol. The summed E-state index contributed by atoms with van der Waals surface area (Å²) in [5, 5.41) is 0. The highest BCUT2D eigenvalue weighted by Gasteiger charge is 2.13. The normalized spacial score (nSPS) is 11.0. The second-order valence-electron chi connectivity index (χ2n) is 5.53. The number of para-hydroxylation sites is 1. The van der Waals surface area contributed by atoms with E-state index in [2.05, 4.69) is 30.5 Å². The van der Waals surface area contributed by atoms with Gasteiger partial charge in [-0.05, 0) is 30.0 Å². The molecule has 3 aromatic rings. The van der Waals surface area contributed by atoms with Crippen LogP contribution in [0.1, 0.15) is 24.5 Å². The van der Waals surface area contributed by atoms with E-state index in [1.807, 2.05) is 37.4 Å². The second kappa shape index (κ2) is 6.10. The highest BCUT2D eigenvalue weighted by atomic mass is 16.2. The van der Waals surface area contributed by atoms with E-state index in [0.29, 0.717) is 0 Å². The molecule has 0 saturated heterocycles. The molecule has 0 saturated carbocycles. The van der Waals surface area contributed by atoms with Gasteiger partial charge in [0, 0.05) is 13.6 Å². The molecule has 0 aliphatic carbocycles. The van der Waals surface area contributed by atoms with E-state index in [1.54, 1.807) is 9.24 Å². The summed E-state index contributed by atoms with van der Waals surface area (Å²) in [6.45, 7) is 2.87. The van der Waals surface area contributed by atoms with Gasteiger partial charge >= 0.3 is 5.69 Å². The van der Waals surface area contributed by atoms with Gasteiger partial charge in [-0.15, -0.1) is 0 Å². The van der Waals surface area contributed by atoms with Crippen molar-refractivity contribution in [2.75, 3.05) is 12.0 Å². The average Bonchev–Trinajstić information content (AvgIpc) is 2.79. The van der Waals surface area contributed by atoms with Crippen LogP contribution in [0.15, 0.2) is 53.3 Å². The SMILES string of the molecule is CCCNn1c(=O)n(C)c2c(Cc3ccccc3)cccc21. The monoisotopic (exact) mass is 295 g/mol. The molecule has 0 amide bonds. The van der Waals surface area contributed by atoms with Crippen molar-refractivity contribution in [2.24, 2.45) is 7.05 Å². The van der Waals surface area contributed by atoms with Crippen LogP contribution in [0.4, 0.5) is 0 Å². The van der Waals surface area contributed by atoms with Gasteiger partial charge in [-0.2, -0.15) is 0 Å². The van der Waals surface area contributed by atoms with Crippen molar-refractivity contribution in [1.29, 1.82) is 0 Å². The van der Waals surface area contributed by atoms with Crippen molar-refractivity contribution in [3.63, 3.8) is 0 Å². The lowest BCUT2D eigenvalue weighted by Crippen LogP contribution is -2.30. The van der Waals surface area contributed by atoms with Crippen LogP contribution in [0.2, 0.25) is 0 Å². The molecule has 0 spiro atoms. The molecule has 0 fully saturated rings. The first-order valence-electron chi connectivity index (χ1n) is 7.69. The van der Waals surface area contributed by atoms with E-state index in [9.17, 15) is 4.79 Å². The molecule has 1 aromatic heterocycles. The topological polar surface area (TPSA) is 39.0 Å². The molecule has 0 aliphatic rings. The predicted molar refractivity (Wildman–Crippen MR) is 90.9 cm³/mol. The van der Waals surface area contributed by atoms with Gasteiger partial charge in [0.1, 0.15) is 0 Å². The Morgan fingerprint density at radius 3 is 2.55 bits per heavy atom. The van der Waals surface area contributed by atoms with Crippen LogP contribution in [0.3, 0.4) is 0 Å². The Morgan fingerprint density at radius 1 is 1.05 bits per heavy atom. The lowest BCUT2D eigenvalue weighted by molar-refractivity contribution is 0.755. The first-order chi connectivity index (χ1) is 10.7. The minimum Gasteiger partial charge on any atom is -0.321 e. The molecule has 3 rings (SSSR count). The summed E-state index contributed by atoms with van der Waals surface area (Å²) in [5.41, 5.74) is 7.53. The zero-order valence-corrected chi connectivity index (χ0v) is 13.0. The lowest BCUT2D eigenvalue weighted by Gasteiger charge is -2.07. The van der Waals surface area contributed by atoms with Gasteiger partial charge in [-0.25, -0.2) is 9.47 Å². The summed E-state index contributed by atoms with van der Waals surface area (Å²) < 4.78 is 3.39. The number of rotatable bonds is 5. The van der Waals surface area contributed by atoms with Crippen molar-refractivity contribution < 1.29 is 0 Å². The highest BCUT2D eigenvalue weighted by molar-refractivity contribution is 5.80. The van der Waals surface area contributed by atoms with E-state index >= 15 is 0 Å². The van der Waals surface area contributed by atoms with Gasteiger partial charge in [0.25, 0.3) is 0 Å². The summed E-state index contributed by atoms with van der Waals surface area (Å²) in [7, 11) is 1.84. The predicted octanol–water partition coefficient (Wildman–Crippen LogP) is 2.88.